The van der Waals surface area contributed by atoms with Crippen molar-refractivity contribution in [2.24, 2.45) is 10.8 Å². The summed E-state index contributed by atoms with van der Waals surface area (Å²) >= 11 is 3.52. The molecule has 2 aliphatic rings. The van der Waals surface area contributed by atoms with Crippen molar-refractivity contribution in [1.29, 1.82) is 0 Å². The van der Waals surface area contributed by atoms with Gasteiger partial charge in [-0.25, -0.2) is 4.79 Å². The van der Waals surface area contributed by atoms with Gasteiger partial charge < -0.3 is 10.1 Å². The standard InChI is InChI=1S/C15H24BrNO3/c1-12(2,3)20-11(19)17-15-8-7-14(6,13(15,4)5)10(18)9(15)16/h9H,7-8H2,1-6H3,(H,17,19)/t9-,14+,15+/m1/s1. The molecule has 0 aromatic carbocycles. The molecule has 0 aromatic heterocycles. The van der Waals surface area contributed by atoms with Crippen LogP contribution in [0.1, 0.15) is 54.4 Å². The second kappa shape index (κ2) is 4.21. The molecule has 2 fully saturated rings. The summed E-state index contributed by atoms with van der Waals surface area (Å²) < 4.78 is 5.37. The van der Waals surface area contributed by atoms with Gasteiger partial charge in [-0.15, -0.1) is 0 Å². The molecule has 0 aromatic rings. The highest BCUT2D eigenvalue weighted by Gasteiger charge is 2.74. The average molecular weight is 346 g/mol. The molecule has 2 bridgehead atoms. The number of halogens is 1. The van der Waals surface area contributed by atoms with Crippen LogP contribution in [0.2, 0.25) is 0 Å². The third-order valence-corrected chi connectivity index (χ3v) is 6.64. The number of ether oxygens (including phenoxy) is 1. The zero-order chi connectivity index (χ0) is 15.6. The fraction of sp³-hybridized carbons (Fsp3) is 0.867. The van der Waals surface area contributed by atoms with Gasteiger partial charge in [-0.05, 0) is 33.6 Å². The second-order valence-electron chi connectivity index (χ2n) is 7.78. The molecule has 0 heterocycles. The monoisotopic (exact) mass is 345 g/mol. The van der Waals surface area contributed by atoms with Crippen LogP contribution < -0.4 is 5.32 Å². The number of hydrogen-bond donors (Lipinski definition) is 1. The largest absolute Gasteiger partial charge is 0.444 e. The molecular formula is C15H24BrNO3. The molecule has 5 heteroatoms. The molecule has 0 saturated heterocycles. The van der Waals surface area contributed by atoms with Crippen molar-refractivity contribution in [2.45, 2.75) is 70.4 Å². The van der Waals surface area contributed by atoms with Crippen LogP contribution in [-0.2, 0) is 9.53 Å². The van der Waals surface area contributed by atoms with Gasteiger partial charge in [0.15, 0.2) is 5.78 Å². The van der Waals surface area contributed by atoms with Crippen molar-refractivity contribution >= 4 is 27.8 Å². The van der Waals surface area contributed by atoms with E-state index >= 15 is 0 Å². The Hall–Kier alpha value is -0.580. The zero-order valence-electron chi connectivity index (χ0n) is 13.1. The minimum absolute atomic E-state index is 0.185. The van der Waals surface area contributed by atoms with Gasteiger partial charge in [0, 0.05) is 10.8 Å². The highest BCUT2D eigenvalue weighted by molar-refractivity contribution is 9.10. The number of carbonyl (C=O) groups excluding carboxylic acids is 2. The average Bonchev–Trinajstić information content (AvgIpc) is 2.50. The van der Waals surface area contributed by atoms with Crippen LogP contribution in [0.25, 0.3) is 0 Å². The summed E-state index contributed by atoms with van der Waals surface area (Å²) in [5.41, 5.74) is -1.81. The Morgan fingerprint density at radius 3 is 2.25 bits per heavy atom. The number of ketones is 1. The highest BCUT2D eigenvalue weighted by atomic mass is 79.9. The van der Waals surface area contributed by atoms with E-state index in [9.17, 15) is 9.59 Å². The molecule has 1 N–H and O–H groups in total. The van der Waals surface area contributed by atoms with Crippen molar-refractivity contribution in [1.82, 2.24) is 5.32 Å². The van der Waals surface area contributed by atoms with E-state index in [1.54, 1.807) is 0 Å². The third-order valence-electron chi connectivity index (χ3n) is 5.44. The molecule has 1 amide bonds. The minimum Gasteiger partial charge on any atom is -0.444 e. The number of Topliss-reactive ketones (excluding diaryl/α,β-unsaturated/α-hetero) is 1. The van der Waals surface area contributed by atoms with E-state index in [-0.39, 0.29) is 16.0 Å². The van der Waals surface area contributed by atoms with Gasteiger partial charge in [-0.2, -0.15) is 0 Å². The van der Waals surface area contributed by atoms with Crippen LogP contribution in [0.15, 0.2) is 0 Å². The predicted molar refractivity (Wildman–Crippen MR) is 80.9 cm³/mol. The molecule has 20 heavy (non-hydrogen) atoms. The maximum absolute atomic E-state index is 12.5. The fourth-order valence-corrected chi connectivity index (χ4v) is 5.13. The number of alkyl halides is 1. The van der Waals surface area contributed by atoms with Gasteiger partial charge in [0.25, 0.3) is 0 Å². The van der Waals surface area contributed by atoms with Crippen LogP contribution in [0.4, 0.5) is 4.79 Å². The molecule has 0 unspecified atom stereocenters. The number of nitrogens with one attached hydrogen (secondary N) is 1. The van der Waals surface area contributed by atoms with Gasteiger partial charge in [0.1, 0.15) is 5.60 Å². The molecule has 2 saturated carbocycles. The summed E-state index contributed by atoms with van der Waals surface area (Å²) in [7, 11) is 0. The molecule has 2 rings (SSSR count). The van der Waals surface area contributed by atoms with E-state index < -0.39 is 22.6 Å². The Labute approximate surface area is 129 Å². The Morgan fingerprint density at radius 2 is 1.85 bits per heavy atom. The first-order valence-corrected chi connectivity index (χ1v) is 7.98. The summed E-state index contributed by atoms with van der Waals surface area (Å²) in [5.74, 6) is 0.185. The molecule has 3 atom stereocenters. The zero-order valence-corrected chi connectivity index (χ0v) is 14.7. The van der Waals surface area contributed by atoms with Crippen LogP contribution in [0.3, 0.4) is 0 Å². The Morgan fingerprint density at radius 1 is 1.30 bits per heavy atom. The van der Waals surface area contributed by atoms with Crippen molar-refractivity contribution in [3.8, 4) is 0 Å². The first kappa shape index (κ1) is 15.8. The van der Waals surface area contributed by atoms with Crippen LogP contribution in [-0.4, -0.2) is 27.8 Å². The number of carbonyl (C=O) groups is 2. The molecule has 0 spiro atoms. The number of rotatable bonds is 1. The molecular weight excluding hydrogens is 322 g/mol. The lowest BCUT2D eigenvalue weighted by Crippen LogP contribution is -2.59. The fourth-order valence-electron chi connectivity index (χ4n) is 3.71. The normalized spacial score (nSPS) is 39.0. The topological polar surface area (TPSA) is 55.4 Å². The van der Waals surface area contributed by atoms with E-state index in [0.717, 1.165) is 12.8 Å². The molecule has 2 aliphatic carbocycles. The van der Waals surface area contributed by atoms with Crippen LogP contribution >= 0.6 is 15.9 Å². The van der Waals surface area contributed by atoms with E-state index in [4.69, 9.17) is 4.74 Å². The summed E-state index contributed by atoms with van der Waals surface area (Å²) in [6, 6.07) is 0. The van der Waals surface area contributed by atoms with Crippen LogP contribution in [0, 0.1) is 10.8 Å². The van der Waals surface area contributed by atoms with E-state index in [1.807, 2.05) is 27.7 Å². The second-order valence-corrected chi connectivity index (χ2v) is 8.70. The molecule has 0 aliphatic heterocycles. The van der Waals surface area contributed by atoms with E-state index in [0.29, 0.717) is 0 Å². The van der Waals surface area contributed by atoms with E-state index in [1.165, 1.54) is 0 Å². The highest BCUT2D eigenvalue weighted by Crippen LogP contribution is 2.67. The molecule has 114 valence electrons. The first-order chi connectivity index (χ1) is 8.87. The maximum atomic E-state index is 12.5. The third kappa shape index (κ3) is 1.85. The SMILES string of the molecule is CC(C)(C)OC(=O)N[C@@]12CC[C@@](C)(C(=O)[C@H]1Br)C2(C)C. The molecule has 0 radical (unpaired) electrons. The van der Waals surface area contributed by atoms with Gasteiger partial charge in [-0.3, -0.25) is 4.79 Å². The summed E-state index contributed by atoms with van der Waals surface area (Å²) in [5, 5.41) is 3.01. The number of fused-ring (bicyclic) bond motifs is 2. The summed E-state index contributed by atoms with van der Waals surface area (Å²) in [6.45, 7) is 11.6. The van der Waals surface area contributed by atoms with Crippen molar-refractivity contribution in [3.63, 3.8) is 0 Å². The minimum atomic E-state index is -0.568. The Bertz CT molecular complexity index is 468. The number of hydrogen-bond acceptors (Lipinski definition) is 3. The summed E-state index contributed by atoms with van der Waals surface area (Å²) in [6.07, 6.45) is 1.14. The van der Waals surface area contributed by atoms with Gasteiger partial charge >= 0.3 is 6.09 Å². The lowest BCUT2D eigenvalue weighted by molar-refractivity contribution is -0.127. The lowest BCUT2D eigenvalue weighted by atomic mass is 9.68. The predicted octanol–water partition coefficient (Wildman–Crippen LogP) is 3.42. The van der Waals surface area contributed by atoms with E-state index in [2.05, 4.69) is 35.1 Å². The van der Waals surface area contributed by atoms with Crippen molar-refractivity contribution < 1.29 is 14.3 Å². The van der Waals surface area contributed by atoms with Gasteiger partial charge in [-0.1, -0.05) is 36.7 Å². The van der Waals surface area contributed by atoms with Crippen molar-refractivity contribution in [3.05, 3.63) is 0 Å². The Balaban J connectivity index is 2.31. The van der Waals surface area contributed by atoms with Crippen LogP contribution in [0.5, 0.6) is 0 Å². The summed E-state index contributed by atoms with van der Waals surface area (Å²) in [4.78, 5) is 24.4. The number of amides is 1. The first-order valence-electron chi connectivity index (χ1n) is 7.07. The van der Waals surface area contributed by atoms with Crippen molar-refractivity contribution in [2.75, 3.05) is 0 Å². The Kier molecular flexibility index (Phi) is 3.33. The maximum Gasteiger partial charge on any atom is 0.408 e. The van der Waals surface area contributed by atoms with Gasteiger partial charge in [0.05, 0.1) is 10.4 Å². The van der Waals surface area contributed by atoms with Gasteiger partial charge in [0.2, 0.25) is 0 Å². The number of alkyl carbamates (subject to hydrolysis) is 1. The quantitative estimate of drug-likeness (QED) is 0.740. The lowest BCUT2D eigenvalue weighted by Gasteiger charge is -2.41. The molecule has 4 nitrogen and oxygen atoms in total. The smallest absolute Gasteiger partial charge is 0.408 e.